The molecule has 23 heavy (non-hydrogen) atoms. The van der Waals surface area contributed by atoms with E-state index >= 15 is 0 Å². The van der Waals surface area contributed by atoms with Gasteiger partial charge in [0.05, 0.1) is 32.5 Å². The number of hydrogen-bond acceptors (Lipinski definition) is 6. The highest BCUT2D eigenvalue weighted by atomic mass is 32.2. The minimum Gasteiger partial charge on any atom is -0.322 e. The maximum atomic E-state index is 12.5. The molecule has 3 aromatic rings. The highest BCUT2D eigenvalue weighted by Crippen LogP contribution is 2.32. The normalized spacial score (nSPS) is 12.5. The summed E-state index contributed by atoms with van der Waals surface area (Å²) in [7, 11) is 1.87. The summed E-state index contributed by atoms with van der Waals surface area (Å²) in [5, 5.41) is 9.85. The Morgan fingerprint density at radius 3 is 2.87 bits per heavy atom. The number of nitrogens with one attached hydrogen (secondary N) is 1. The molecule has 0 aliphatic heterocycles. The first-order valence-corrected chi connectivity index (χ1v) is 8.89. The second kappa shape index (κ2) is 6.29. The molecule has 8 heteroatoms. The maximum absolute atomic E-state index is 12.5. The Kier molecular flexibility index (Phi) is 4.36. The van der Waals surface area contributed by atoms with Gasteiger partial charge >= 0.3 is 0 Å². The van der Waals surface area contributed by atoms with Gasteiger partial charge in [-0.05, 0) is 32.2 Å². The number of amides is 1. The molecule has 1 amide bonds. The average Bonchev–Trinajstić information content (AvgIpc) is 3.08. The van der Waals surface area contributed by atoms with E-state index in [0.717, 1.165) is 32.3 Å². The van der Waals surface area contributed by atoms with Crippen LogP contribution >= 0.6 is 23.1 Å². The second-order valence-corrected chi connectivity index (χ2v) is 7.48. The fourth-order valence-electron chi connectivity index (χ4n) is 2.25. The van der Waals surface area contributed by atoms with E-state index in [1.807, 2.05) is 39.3 Å². The lowest BCUT2D eigenvalue weighted by Crippen LogP contribution is -2.23. The number of thioether (sulfide) groups is 1. The number of anilines is 1. The fourth-order valence-corrected chi connectivity index (χ4v) is 4.09. The molecule has 1 N–H and O–H groups in total. The summed E-state index contributed by atoms with van der Waals surface area (Å²) in [5.74, 6) is -0.0579. The monoisotopic (exact) mass is 347 g/mol. The third-order valence-electron chi connectivity index (χ3n) is 3.63. The van der Waals surface area contributed by atoms with Crippen molar-refractivity contribution in [1.29, 1.82) is 0 Å². The Hall–Kier alpha value is -1.93. The van der Waals surface area contributed by atoms with Gasteiger partial charge in [-0.25, -0.2) is 9.97 Å². The van der Waals surface area contributed by atoms with Crippen LogP contribution in [0, 0.1) is 13.8 Å². The number of rotatable bonds is 4. The van der Waals surface area contributed by atoms with Crippen LogP contribution in [-0.4, -0.2) is 30.9 Å². The predicted octanol–water partition coefficient (Wildman–Crippen LogP) is 3.16. The number of carbonyl (C=O) groups is 1. The van der Waals surface area contributed by atoms with Gasteiger partial charge in [0.1, 0.15) is 11.4 Å². The number of hydrogen-bond donors (Lipinski definition) is 1. The van der Waals surface area contributed by atoms with Gasteiger partial charge in [0.25, 0.3) is 0 Å². The van der Waals surface area contributed by atoms with Crippen LogP contribution in [0.1, 0.15) is 18.3 Å². The van der Waals surface area contributed by atoms with Crippen LogP contribution in [0.3, 0.4) is 0 Å². The smallest absolute Gasteiger partial charge is 0.237 e. The summed E-state index contributed by atoms with van der Waals surface area (Å²) in [6.45, 7) is 5.70. The van der Waals surface area contributed by atoms with Crippen molar-refractivity contribution in [1.82, 2.24) is 19.7 Å². The van der Waals surface area contributed by atoms with E-state index in [9.17, 15) is 4.79 Å². The van der Waals surface area contributed by atoms with E-state index in [1.54, 1.807) is 16.0 Å². The lowest BCUT2D eigenvalue weighted by atomic mass is 10.3. The Balaban J connectivity index is 1.76. The van der Waals surface area contributed by atoms with Gasteiger partial charge in [0, 0.05) is 7.05 Å². The van der Waals surface area contributed by atoms with Crippen LogP contribution in [0.25, 0.3) is 10.2 Å². The summed E-state index contributed by atoms with van der Waals surface area (Å²) in [6.07, 6.45) is 1.54. The summed E-state index contributed by atoms with van der Waals surface area (Å²) in [4.78, 5) is 21.0. The van der Waals surface area contributed by atoms with Crippen LogP contribution < -0.4 is 5.32 Å². The highest BCUT2D eigenvalue weighted by molar-refractivity contribution is 8.00. The zero-order chi connectivity index (χ0) is 16.6. The zero-order valence-electron chi connectivity index (χ0n) is 13.3. The third kappa shape index (κ3) is 3.09. The molecule has 1 atom stereocenters. The van der Waals surface area contributed by atoms with Gasteiger partial charge in [0.15, 0.2) is 0 Å². The predicted molar refractivity (Wildman–Crippen MR) is 94.0 cm³/mol. The van der Waals surface area contributed by atoms with Crippen LogP contribution in [-0.2, 0) is 11.8 Å². The Bertz CT molecular complexity index is 870. The van der Waals surface area contributed by atoms with E-state index in [-0.39, 0.29) is 11.2 Å². The van der Waals surface area contributed by atoms with Crippen molar-refractivity contribution in [2.75, 3.05) is 5.32 Å². The van der Waals surface area contributed by atoms with Gasteiger partial charge < -0.3 is 5.32 Å². The molecule has 0 saturated heterocycles. The van der Waals surface area contributed by atoms with E-state index in [1.165, 1.54) is 18.1 Å². The molecule has 6 nitrogen and oxygen atoms in total. The van der Waals surface area contributed by atoms with Gasteiger partial charge in [-0.15, -0.1) is 11.3 Å². The van der Waals surface area contributed by atoms with Crippen molar-refractivity contribution < 1.29 is 4.79 Å². The molecule has 3 rings (SSSR count). The minimum absolute atomic E-state index is 0.0579. The van der Waals surface area contributed by atoms with Crippen molar-refractivity contribution in [3.63, 3.8) is 0 Å². The first kappa shape index (κ1) is 15.9. The number of carbonyl (C=O) groups excluding carboxylic acids is 1. The number of nitrogens with zero attached hydrogens (tertiary/aromatic N) is 4. The highest BCUT2D eigenvalue weighted by Gasteiger charge is 2.20. The number of aromatic nitrogens is 4. The van der Waals surface area contributed by atoms with Gasteiger partial charge in [0.2, 0.25) is 5.91 Å². The first-order chi connectivity index (χ1) is 11.0. The van der Waals surface area contributed by atoms with Crippen molar-refractivity contribution in [3.05, 3.63) is 29.2 Å². The summed E-state index contributed by atoms with van der Waals surface area (Å²) < 4.78 is 2.79. The molecule has 0 aromatic carbocycles. The minimum atomic E-state index is -0.269. The molecule has 0 saturated carbocycles. The van der Waals surface area contributed by atoms with Gasteiger partial charge in [-0.3, -0.25) is 9.48 Å². The van der Waals surface area contributed by atoms with Crippen LogP contribution in [0.15, 0.2) is 22.8 Å². The van der Waals surface area contributed by atoms with Crippen molar-refractivity contribution in [2.24, 2.45) is 7.05 Å². The molecule has 0 aliphatic rings. The molecule has 0 aliphatic carbocycles. The van der Waals surface area contributed by atoms with E-state index in [4.69, 9.17) is 0 Å². The Morgan fingerprint density at radius 1 is 1.39 bits per heavy atom. The maximum Gasteiger partial charge on any atom is 0.237 e. The number of fused-ring (bicyclic) bond motifs is 1. The lowest BCUT2D eigenvalue weighted by Gasteiger charge is -2.12. The van der Waals surface area contributed by atoms with Crippen molar-refractivity contribution >= 4 is 44.9 Å². The first-order valence-electron chi connectivity index (χ1n) is 7.13. The summed E-state index contributed by atoms with van der Waals surface area (Å²) >= 11 is 3.03. The number of aryl methyl sites for hydroxylation is 2. The average molecular weight is 347 g/mol. The van der Waals surface area contributed by atoms with Crippen molar-refractivity contribution in [2.45, 2.75) is 31.0 Å². The van der Waals surface area contributed by atoms with E-state index in [2.05, 4.69) is 20.4 Å². The summed E-state index contributed by atoms with van der Waals surface area (Å²) in [5.41, 5.74) is 3.46. The SMILES string of the molecule is Cc1nn(C)c(C)c1NC(=O)C(C)Sc1ncnc2ccsc12. The standard InChI is InChI=1S/C15H17N5OS2/c1-8-12(9(2)20(4)19-8)18-14(21)10(3)23-15-13-11(5-6-22-13)16-7-17-15/h5-7,10H,1-4H3,(H,18,21). The molecular formula is C15H17N5OS2. The largest absolute Gasteiger partial charge is 0.322 e. The quantitative estimate of drug-likeness (QED) is 0.580. The second-order valence-electron chi connectivity index (χ2n) is 5.23. The third-order valence-corrected chi connectivity index (χ3v) is 5.77. The molecule has 1 unspecified atom stereocenters. The van der Waals surface area contributed by atoms with Gasteiger partial charge in [-0.1, -0.05) is 11.8 Å². The zero-order valence-corrected chi connectivity index (χ0v) is 15.0. The Labute approximate surface area is 142 Å². The summed E-state index contributed by atoms with van der Waals surface area (Å²) in [6, 6.07) is 1.96. The fraction of sp³-hybridized carbons (Fsp3) is 0.333. The molecule has 3 aromatic heterocycles. The molecule has 3 heterocycles. The van der Waals surface area contributed by atoms with E-state index in [0.29, 0.717) is 0 Å². The lowest BCUT2D eigenvalue weighted by molar-refractivity contribution is -0.115. The van der Waals surface area contributed by atoms with Crippen molar-refractivity contribution in [3.8, 4) is 0 Å². The molecule has 0 fully saturated rings. The number of thiophene rings is 1. The molecule has 0 bridgehead atoms. The van der Waals surface area contributed by atoms with E-state index < -0.39 is 0 Å². The van der Waals surface area contributed by atoms with Crippen LogP contribution in [0.4, 0.5) is 5.69 Å². The van der Waals surface area contributed by atoms with Gasteiger partial charge in [-0.2, -0.15) is 5.10 Å². The van der Waals surface area contributed by atoms with Crippen LogP contribution in [0.2, 0.25) is 0 Å². The molecule has 120 valence electrons. The topological polar surface area (TPSA) is 72.7 Å². The molecular weight excluding hydrogens is 330 g/mol. The Morgan fingerprint density at radius 2 is 2.17 bits per heavy atom. The molecule has 0 spiro atoms. The van der Waals surface area contributed by atoms with Crippen LogP contribution in [0.5, 0.6) is 0 Å². The molecule has 0 radical (unpaired) electrons.